The van der Waals surface area contributed by atoms with Crippen LogP contribution in [0.2, 0.25) is 0 Å². The van der Waals surface area contributed by atoms with E-state index in [-0.39, 0.29) is 0 Å². The highest BCUT2D eigenvalue weighted by Crippen LogP contribution is 2.35. The molecule has 0 saturated carbocycles. The van der Waals surface area contributed by atoms with Crippen LogP contribution in [0.15, 0.2) is 34.4 Å². The maximum absolute atomic E-state index is 11.4. The molecule has 6 nitrogen and oxygen atoms in total. The van der Waals surface area contributed by atoms with Crippen LogP contribution in [0, 0.1) is 0 Å². The topological polar surface area (TPSA) is 84.2 Å². The molecule has 0 bridgehead atoms. The van der Waals surface area contributed by atoms with Crippen molar-refractivity contribution in [3.8, 4) is 22.8 Å². The van der Waals surface area contributed by atoms with Gasteiger partial charge in [0.1, 0.15) is 0 Å². The minimum Gasteiger partial charge on any atom is -0.493 e. The highest BCUT2D eigenvalue weighted by molar-refractivity contribution is 5.75. The van der Waals surface area contributed by atoms with Crippen LogP contribution in [-0.4, -0.2) is 24.2 Å². The lowest BCUT2D eigenvalue weighted by Crippen LogP contribution is -2.21. The third-order valence-electron chi connectivity index (χ3n) is 2.83. The van der Waals surface area contributed by atoms with E-state index in [1.807, 2.05) is 0 Å². The van der Waals surface area contributed by atoms with Gasteiger partial charge in [-0.25, -0.2) is 4.79 Å². The molecule has 0 aliphatic rings. The Kier molecular flexibility index (Phi) is 3.74. The average Bonchev–Trinajstić information content (AvgIpc) is 2.44. The number of aromatic amines is 2. The van der Waals surface area contributed by atoms with E-state index in [2.05, 4.69) is 16.5 Å². The lowest BCUT2D eigenvalue weighted by molar-refractivity contribution is 0.355. The lowest BCUT2D eigenvalue weighted by Gasteiger charge is -2.12. The van der Waals surface area contributed by atoms with Gasteiger partial charge in [-0.15, -0.1) is 0 Å². The van der Waals surface area contributed by atoms with Crippen molar-refractivity contribution in [2.24, 2.45) is 0 Å². The van der Waals surface area contributed by atoms with Crippen LogP contribution in [0.5, 0.6) is 11.5 Å². The van der Waals surface area contributed by atoms with Gasteiger partial charge >= 0.3 is 5.69 Å². The summed E-state index contributed by atoms with van der Waals surface area (Å²) in [5, 5.41) is 0. The van der Waals surface area contributed by atoms with Crippen molar-refractivity contribution < 1.29 is 9.47 Å². The van der Waals surface area contributed by atoms with E-state index in [9.17, 15) is 9.59 Å². The molecule has 6 heteroatoms. The van der Waals surface area contributed by atoms with Crippen LogP contribution in [-0.2, 0) is 0 Å². The summed E-state index contributed by atoms with van der Waals surface area (Å²) in [5.41, 5.74) is 0.671. The Morgan fingerprint density at radius 1 is 1.05 bits per heavy atom. The summed E-state index contributed by atoms with van der Waals surface area (Å²) >= 11 is 0. The zero-order chi connectivity index (χ0) is 14.7. The largest absolute Gasteiger partial charge is 0.493 e. The number of rotatable bonds is 4. The van der Waals surface area contributed by atoms with Gasteiger partial charge in [-0.2, -0.15) is 0 Å². The van der Waals surface area contributed by atoms with Gasteiger partial charge in [0.15, 0.2) is 11.5 Å². The second kappa shape index (κ2) is 5.48. The monoisotopic (exact) mass is 274 g/mol. The molecule has 2 aromatic rings. The molecule has 0 atom stereocenters. The van der Waals surface area contributed by atoms with Crippen LogP contribution in [0.4, 0.5) is 0 Å². The summed E-state index contributed by atoms with van der Waals surface area (Å²) in [7, 11) is 3.04. The number of hydrogen-bond donors (Lipinski definition) is 2. The van der Waals surface area contributed by atoms with Gasteiger partial charge in [0.05, 0.1) is 19.9 Å². The van der Waals surface area contributed by atoms with Gasteiger partial charge < -0.3 is 14.5 Å². The Morgan fingerprint density at radius 3 is 2.25 bits per heavy atom. The molecule has 1 heterocycles. The Labute approximate surface area is 114 Å². The molecule has 1 aromatic carbocycles. The fraction of sp³-hybridized carbons (Fsp3) is 0.143. The van der Waals surface area contributed by atoms with Crippen LogP contribution in [0.3, 0.4) is 0 Å². The number of H-pyrrole nitrogens is 2. The first kappa shape index (κ1) is 13.7. The number of ether oxygens (including phenoxy) is 2. The van der Waals surface area contributed by atoms with Gasteiger partial charge in [0.25, 0.3) is 5.56 Å². The molecule has 0 fully saturated rings. The first-order chi connectivity index (χ1) is 9.58. The van der Waals surface area contributed by atoms with Crippen LogP contribution >= 0.6 is 0 Å². The third kappa shape index (κ3) is 2.49. The number of benzene rings is 1. The molecule has 0 aliphatic heterocycles. The zero-order valence-electron chi connectivity index (χ0n) is 11.1. The first-order valence-corrected chi connectivity index (χ1v) is 5.81. The van der Waals surface area contributed by atoms with Crippen molar-refractivity contribution in [2.45, 2.75) is 0 Å². The SMILES string of the molecule is C=Cc1cc(OC)c(OC)cc1-c1cc(=O)[nH]c(=O)[nH]1. The Balaban J connectivity index is 2.75. The summed E-state index contributed by atoms with van der Waals surface area (Å²) in [5.74, 6) is 1.03. The molecule has 0 radical (unpaired) electrons. The minimum absolute atomic E-state index is 0.384. The molecule has 104 valence electrons. The molecule has 0 aliphatic carbocycles. The molecule has 2 N–H and O–H groups in total. The number of methoxy groups -OCH3 is 2. The van der Waals surface area contributed by atoms with Gasteiger partial charge in [-0.05, 0) is 17.7 Å². The van der Waals surface area contributed by atoms with Gasteiger partial charge in [-0.1, -0.05) is 12.7 Å². The molecule has 1 aromatic heterocycles. The van der Waals surface area contributed by atoms with E-state index in [0.717, 1.165) is 0 Å². The van der Waals surface area contributed by atoms with Crippen molar-refractivity contribution in [2.75, 3.05) is 14.2 Å². The third-order valence-corrected chi connectivity index (χ3v) is 2.83. The molecular formula is C14H14N2O4. The predicted octanol–water partition coefficient (Wildman–Crippen LogP) is 1.39. The number of nitrogens with one attached hydrogen (secondary N) is 2. The van der Waals surface area contributed by atoms with E-state index in [1.165, 1.54) is 20.3 Å². The van der Waals surface area contributed by atoms with Crippen molar-refractivity contribution >= 4 is 6.08 Å². The summed E-state index contributed by atoms with van der Waals surface area (Å²) < 4.78 is 10.4. The molecule has 2 rings (SSSR count). The quantitative estimate of drug-likeness (QED) is 0.882. The van der Waals surface area contributed by atoms with Crippen LogP contribution in [0.1, 0.15) is 5.56 Å². The number of hydrogen-bond acceptors (Lipinski definition) is 4. The smallest absolute Gasteiger partial charge is 0.326 e. The predicted molar refractivity (Wildman–Crippen MR) is 76.3 cm³/mol. The highest BCUT2D eigenvalue weighted by atomic mass is 16.5. The maximum Gasteiger partial charge on any atom is 0.326 e. The highest BCUT2D eigenvalue weighted by Gasteiger charge is 2.12. The van der Waals surface area contributed by atoms with Gasteiger partial charge in [0, 0.05) is 11.6 Å². The van der Waals surface area contributed by atoms with E-state index in [1.54, 1.807) is 18.2 Å². The fourth-order valence-electron chi connectivity index (χ4n) is 1.91. The fourth-order valence-corrected chi connectivity index (χ4v) is 1.91. The zero-order valence-corrected chi connectivity index (χ0v) is 11.1. The normalized spacial score (nSPS) is 10.1. The Bertz CT molecular complexity index is 730. The van der Waals surface area contributed by atoms with Gasteiger partial charge in [-0.3, -0.25) is 9.78 Å². The van der Waals surface area contributed by atoms with Crippen molar-refractivity contribution in [3.63, 3.8) is 0 Å². The van der Waals surface area contributed by atoms with E-state index < -0.39 is 11.2 Å². The molecular weight excluding hydrogens is 260 g/mol. The summed E-state index contributed by atoms with van der Waals surface area (Å²) in [6, 6.07) is 4.71. The first-order valence-electron chi connectivity index (χ1n) is 5.81. The standard InChI is InChI=1S/C14H14N2O4/c1-4-8-5-11(19-2)12(20-3)6-9(8)10-7-13(17)16-14(18)15-10/h4-7H,1H2,2-3H3,(H2,15,16,17,18). The van der Waals surface area contributed by atoms with E-state index in [0.29, 0.717) is 28.3 Å². The molecule has 0 spiro atoms. The van der Waals surface area contributed by atoms with Crippen molar-refractivity contribution in [1.82, 2.24) is 9.97 Å². The molecule has 20 heavy (non-hydrogen) atoms. The summed E-state index contributed by atoms with van der Waals surface area (Å²) in [6.07, 6.45) is 1.61. The molecule has 0 saturated heterocycles. The molecule has 0 unspecified atom stereocenters. The number of aromatic nitrogens is 2. The molecule has 0 amide bonds. The Hall–Kier alpha value is -2.76. The van der Waals surface area contributed by atoms with Crippen molar-refractivity contribution in [3.05, 3.63) is 51.2 Å². The summed E-state index contributed by atoms with van der Waals surface area (Å²) in [6.45, 7) is 3.72. The maximum atomic E-state index is 11.4. The van der Waals surface area contributed by atoms with E-state index >= 15 is 0 Å². The Morgan fingerprint density at radius 2 is 1.70 bits per heavy atom. The van der Waals surface area contributed by atoms with Crippen molar-refractivity contribution in [1.29, 1.82) is 0 Å². The minimum atomic E-state index is -0.572. The second-order valence-electron chi connectivity index (χ2n) is 4.00. The average molecular weight is 274 g/mol. The van der Waals surface area contributed by atoms with Gasteiger partial charge in [0.2, 0.25) is 0 Å². The van der Waals surface area contributed by atoms with Crippen LogP contribution < -0.4 is 20.7 Å². The van der Waals surface area contributed by atoms with Crippen LogP contribution in [0.25, 0.3) is 17.3 Å². The van der Waals surface area contributed by atoms with E-state index in [4.69, 9.17) is 9.47 Å². The summed E-state index contributed by atoms with van der Waals surface area (Å²) in [4.78, 5) is 27.5. The second-order valence-corrected chi connectivity index (χ2v) is 4.00. The lowest BCUT2D eigenvalue weighted by atomic mass is 10.0.